The lowest BCUT2D eigenvalue weighted by atomic mass is 10.4. The average molecular weight is 270 g/mol. The Hall–Kier alpha value is -2.29. The number of rotatable bonds is 4. The highest BCUT2D eigenvalue weighted by Gasteiger charge is 2.17. The minimum Gasteiger partial charge on any atom is -0.357 e. The molecule has 10 heteroatoms. The van der Waals surface area contributed by atoms with E-state index in [0.717, 1.165) is 6.20 Å². The Bertz CT molecular complexity index is 585. The fraction of sp³-hybridized carbons (Fsp3) is 0.250. The molecule has 94 valence electrons. The largest absolute Gasteiger partial charge is 0.357 e. The number of nitro groups is 1. The highest BCUT2D eigenvalue weighted by atomic mass is 35.5. The first-order chi connectivity index (χ1) is 8.58. The second-order valence-corrected chi connectivity index (χ2v) is 3.68. The zero-order valence-corrected chi connectivity index (χ0v) is 10.00. The third-order valence-corrected chi connectivity index (χ3v) is 2.34. The highest BCUT2D eigenvalue weighted by Crippen LogP contribution is 2.22. The molecule has 0 amide bonds. The van der Waals surface area contributed by atoms with Crippen LogP contribution in [0.2, 0.25) is 5.28 Å². The van der Waals surface area contributed by atoms with Gasteiger partial charge in [-0.2, -0.15) is 4.98 Å². The van der Waals surface area contributed by atoms with Crippen LogP contribution < -0.4 is 5.32 Å². The van der Waals surface area contributed by atoms with Gasteiger partial charge in [0, 0.05) is 7.05 Å². The van der Waals surface area contributed by atoms with Crippen molar-refractivity contribution >= 4 is 23.1 Å². The maximum atomic E-state index is 10.8. The van der Waals surface area contributed by atoms with Crippen LogP contribution in [0.1, 0.15) is 5.82 Å². The molecule has 0 atom stereocenters. The molecule has 0 saturated heterocycles. The van der Waals surface area contributed by atoms with Crippen LogP contribution >= 0.6 is 11.6 Å². The standard InChI is InChI=1S/C8H8ClN7O2/c1-15-4-12-14-6(15)3-10-7-5(16(17)18)2-11-8(9)13-7/h2,4H,3H2,1H3,(H,10,11,13). The summed E-state index contributed by atoms with van der Waals surface area (Å²) < 4.78 is 1.68. The van der Waals surface area contributed by atoms with Crippen LogP contribution in [0, 0.1) is 10.1 Å². The Morgan fingerprint density at radius 3 is 3.00 bits per heavy atom. The van der Waals surface area contributed by atoms with E-state index >= 15 is 0 Å². The predicted molar refractivity (Wildman–Crippen MR) is 62.0 cm³/mol. The molecule has 0 unspecified atom stereocenters. The first-order valence-electron chi connectivity index (χ1n) is 4.81. The Morgan fingerprint density at radius 2 is 2.39 bits per heavy atom. The van der Waals surface area contributed by atoms with Crippen LogP contribution in [0.25, 0.3) is 0 Å². The van der Waals surface area contributed by atoms with Gasteiger partial charge >= 0.3 is 5.69 Å². The van der Waals surface area contributed by atoms with Gasteiger partial charge in [0.1, 0.15) is 12.5 Å². The Labute approximate surface area is 106 Å². The lowest BCUT2D eigenvalue weighted by Crippen LogP contribution is -2.09. The summed E-state index contributed by atoms with van der Waals surface area (Å²) in [6.45, 7) is 0.241. The minimum absolute atomic E-state index is 0.0444. The molecule has 2 rings (SSSR count). The zero-order chi connectivity index (χ0) is 13.1. The smallest absolute Gasteiger partial charge is 0.329 e. The van der Waals surface area contributed by atoms with Gasteiger partial charge in [0.2, 0.25) is 11.1 Å². The van der Waals surface area contributed by atoms with Gasteiger partial charge in [0.05, 0.1) is 11.5 Å². The molecule has 1 N–H and O–H groups in total. The summed E-state index contributed by atoms with van der Waals surface area (Å²) >= 11 is 5.60. The normalized spacial score (nSPS) is 10.3. The number of hydrogen-bond acceptors (Lipinski definition) is 7. The molecule has 0 aromatic carbocycles. The first kappa shape index (κ1) is 12.2. The van der Waals surface area contributed by atoms with E-state index in [1.807, 2.05) is 0 Å². The molecule has 0 spiro atoms. The predicted octanol–water partition coefficient (Wildman–Crippen LogP) is 0.779. The molecule has 18 heavy (non-hydrogen) atoms. The Morgan fingerprint density at radius 1 is 1.61 bits per heavy atom. The molecule has 0 aliphatic rings. The van der Waals surface area contributed by atoms with Gasteiger partial charge < -0.3 is 9.88 Å². The van der Waals surface area contributed by atoms with E-state index < -0.39 is 4.92 Å². The van der Waals surface area contributed by atoms with Crippen molar-refractivity contribution in [2.24, 2.45) is 7.05 Å². The monoisotopic (exact) mass is 269 g/mol. The molecule has 2 aromatic rings. The van der Waals surface area contributed by atoms with Crippen LogP contribution in [-0.2, 0) is 13.6 Å². The van der Waals surface area contributed by atoms with E-state index in [1.54, 1.807) is 11.6 Å². The third kappa shape index (κ3) is 2.51. The second kappa shape index (κ2) is 4.92. The van der Waals surface area contributed by atoms with E-state index in [1.165, 1.54) is 6.33 Å². The van der Waals surface area contributed by atoms with E-state index in [9.17, 15) is 10.1 Å². The van der Waals surface area contributed by atoms with Crippen molar-refractivity contribution in [1.82, 2.24) is 24.7 Å². The fourth-order valence-corrected chi connectivity index (χ4v) is 1.38. The quantitative estimate of drug-likeness (QED) is 0.496. The van der Waals surface area contributed by atoms with E-state index in [4.69, 9.17) is 11.6 Å². The van der Waals surface area contributed by atoms with E-state index in [-0.39, 0.29) is 23.3 Å². The molecular formula is C8H8ClN7O2. The molecule has 0 bridgehead atoms. The fourth-order valence-electron chi connectivity index (χ4n) is 1.25. The number of nitrogens with one attached hydrogen (secondary N) is 1. The van der Waals surface area contributed by atoms with Gasteiger partial charge in [-0.3, -0.25) is 10.1 Å². The lowest BCUT2D eigenvalue weighted by molar-refractivity contribution is -0.384. The summed E-state index contributed by atoms with van der Waals surface area (Å²) in [4.78, 5) is 17.5. The van der Waals surface area contributed by atoms with Gasteiger partial charge in [0.25, 0.3) is 0 Å². The summed E-state index contributed by atoms with van der Waals surface area (Å²) in [6.07, 6.45) is 2.58. The Kier molecular flexibility index (Phi) is 3.33. The molecule has 0 fully saturated rings. The maximum absolute atomic E-state index is 10.8. The van der Waals surface area contributed by atoms with Crippen LogP contribution in [0.15, 0.2) is 12.5 Å². The van der Waals surface area contributed by atoms with Gasteiger partial charge in [-0.1, -0.05) is 0 Å². The van der Waals surface area contributed by atoms with Crippen LogP contribution in [0.4, 0.5) is 11.5 Å². The number of aryl methyl sites for hydroxylation is 1. The minimum atomic E-state index is -0.588. The van der Waals surface area contributed by atoms with Crippen LogP contribution in [0.5, 0.6) is 0 Å². The average Bonchev–Trinajstić information content (AvgIpc) is 2.72. The molecular weight excluding hydrogens is 262 g/mol. The maximum Gasteiger partial charge on any atom is 0.329 e. The van der Waals surface area contributed by atoms with Crippen LogP contribution in [-0.4, -0.2) is 29.7 Å². The van der Waals surface area contributed by atoms with Crippen molar-refractivity contribution in [1.29, 1.82) is 0 Å². The number of anilines is 1. The summed E-state index contributed by atoms with van der Waals surface area (Å²) in [6, 6.07) is 0. The third-order valence-electron chi connectivity index (χ3n) is 2.16. The topological polar surface area (TPSA) is 112 Å². The van der Waals surface area contributed by atoms with Gasteiger partial charge in [-0.25, -0.2) is 4.98 Å². The molecule has 0 aliphatic carbocycles. The summed E-state index contributed by atoms with van der Waals surface area (Å²) in [5.41, 5.74) is -0.249. The van der Waals surface area contributed by atoms with Crippen molar-refractivity contribution < 1.29 is 4.92 Å². The summed E-state index contributed by atoms with van der Waals surface area (Å²) in [5, 5.41) is 21.0. The SMILES string of the molecule is Cn1cnnc1CNc1nc(Cl)ncc1[N+](=O)[O-]. The highest BCUT2D eigenvalue weighted by molar-refractivity contribution is 6.28. The molecule has 0 saturated carbocycles. The molecule has 2 heterocycles. The van der Waals surface area contributed by atoms with Crippen LogP contribution in [0.3, 0.4) is 0 Å². The molecule has 2 aromatic heterocycles. The number of hydrogen-bond donors (Lipinski definition) is 1. The van der Waals surface area contributed by atoms with Gasteiger partial charge in [-0.15, -0.1) is 10.2 Å². The second-order valence-electron chi connectivity index (χ2n) is 3.34. The number of aromatic nitrogens is 5. The molecule has 0 aliphatic heterocycles. The summed E-state index contributed by atoms with van der Waals surface area (Å²) in [7, 11) is 1.76. The molecule has 9 nitrogen and oxygen atoms in total. The molecule has 0 radical (unpaired) electrons. The van der Waals surface area contributed by atoms with Crippen molar-refractivity contribution in [3.63, 3.8) is 0 Å². The number of nitrogens with zero attached hydrogens (tertiary/aromatic N) is 6. The first-order valence-corrected chi connectivity index (χ1v) is 5.19. The number of halogens is 1. The van der Waals surface area contributed by atoms with Gasteiger partial charge in [-0.05, 0) is 11.6 Å². The van der Waals surface area contributed by atoms with E-state index in [0.29, 0.717) is 5.82 Å². The van der Waals surface area contributed by atoms with Gasteiger partial charge in [0.15, 0.2) is 5.82 Å². The zero-order valence-electron chi connectivity index (χ0n) is 9.24. The lowest BCUT2D eigenvalue weighted by Gasteiger charge is -2.05. The van der Waals surface area contributed by atoms with Crippen molar-refractivity contribution in [2.45, 2.75) is 6.54 Å². The Balaban J connectivity index is 2.20. The summed E-state index contributed by atoms with van der Waals surface area (Å²) in [5.74, 6) is 0.655. The van der Waals surface area contributed by atoms with Crippen molar-refractivity contribution in [3.05, 3.63) is 33.7 Å². The van der Waals surface area contributed by atoms with Crippen molar-refractivity contribution in [3.8, 4) is 0 Å². The van der Waals surface area contributed by atoms with E-state index in [2.05, 4.69) is 25.5 Å². The van der Waals surface area contributed by atoms with Crippen molar-refractivity contribution in [2.75, 3.05) is 5.32 Å².